The van der Waals surface area contributed by atoms with Crippen LogP contribution in [0.2, 0.25) is 0 Å². The van der Waals surface area contributed by atoms with E-state index in [-0.39, 0.29) is 19.6 Å². The molecule has 1 heterocycles. The number of amides is 1. The number of rotatable bonds is 1. The van der Waals surface area contributed by atoms with Crippen LogP contribution in [0.5, 0.6) is 0 Å². The molecule has 88 valence electrons. The van der Waals surface area contributed by atoms with Crippen molar-refractivity contribution in [3.8, 4) is 0 Å². The van der Waals surface area contributed by atoms with E-state index in [1.807, 2.05) is 0 Å². The zero-order valence-electron chi connectivity index (χ0n) is 9.10. The zero-order chi connectivity index (χ0) is 11.9. The highest BCUT2D eigenvalue weighted by atomic mass is 32.2. The Balaban J connectivity index is 2.89. The van der Waals surface area contributed by atoms with Crippen molar-refractivity contribution in [1.82, 2.24) is 9.21 Å². The average molecular weight is 236 g/mol. The molecule has 0 spiro atoms. The van der Waals surface area contributed by atoms with E-state index in [9.17, 15) is 13.2 Å². The maximum atomic E-state index is 11.4. The highest BCUT2D eigenvalue weighted by Crippen LogP contribution is 2.23. The molecule has 1 N–H and O–H groups in total. The number of piperazine rings is 1. The van der Waals surface area contributed by atoms with E-state index >= 15 is 0 Å². The molecule has 0 saturated carbocycles. The van der Waals surface area contributed by atoms with Gasteiger partial charge in [0.25, 0.3) is 0 Å². The third-order valence-electron chi connectivity index (χ3n) is 2.50. The fraction of sp³-hybridized carbons (Fsp3) is 0.875. The van der Waals surface area contributed by atoms with E-state index in [2.05, 4.69) is 0 Å². The second-order valence-corrected chi connectivity index (χ2v) is 6.26. The molecule has 0 atom stereocenters. The summed E-state index contributed by atoms with van der Waals surface area (Å²) in [5.74, 6) is 0. The smallest absolute Gasteiger partial charge is 0.407 e. The molecule has 1 rings (SSSR count). The Hall–Kier alpha value is -0.820. The molecule has 1 aliphatic rings. The molecule has 1 amide bonds. The number of carbonyl (C=O) groups is 1. The van der Waals surface area contributed by atoms with Crippen LogP contribution in [-0.4, -0.2) is 60.3 Å². The van der Waals surface area contributed by atoms with Gasteiger partial charge in [-0.05, 0) is 13.8 Å². The van der Waals surface area contributed by atoms with Gasteiger partial charge in [0.05, 0.1) is 6.26 Å². The van der Waals surface area contributed by atoms with Crippen LogP contribution < -0.4 is 0 Å². The van der Waals surface area contributed by atoms with Gasteiger partial charge in [-0.2, -0.15) is 4.31 Å². The average Bonchev–Trinajstić information content (AvgIpc) is 1.99. The largest absolute Gasteiger partial charge is 0.465 e. The summed E-state index contributed by atoms with van der Waals surface area (Å²) in [7, 11) is -3.27. The Morgan fingerprint density at radius 1 is 1.33 bits per heavy atom. The molecule has 0 aromatic rings. The minimum Gasteiger partial charge on any atom is -0.465 e. The fourth-order valence-electron chi connectivity index (χ4n) is 1.92. The Morgan fingerprint density at radius 2 is 1.87 bits per heavy atom. The van der Waals surface area contributed by atoms with Crippen LogP contribution in [0.25, 0.3) is 0 Å². The van der Waals surface area contributed by atoms with Gasteiger partial charge >= 0.3 is 6.09 Å². The second-order valence-electron chi connectivity index (χ2n) is 4.35. The molecule has 0 unspecified atom stereocenters. The summed E-state index contributed by atoms with van der Waals surface area (Å²) in [5, 5.41) is 8.82. The molecule has 0 bridgehead atoms. The predicted octanol–water partition coefficient (Wildman–Crippen LogP) is 0.0202. The third-order valence-corrected chi connectivity index (χ3v) is 3.97. The van der Waals surface area contributed by atoms with Crippen molar-refractivity contribution in [2.24, 2.45) is 0 Å². The Morgan fingerprint density at radius 3 is 2.20 bits per heavy atom. The highest BCUT2D eigenvalue weighted by molar-refractivity contribution is 7.88. The first-order valence-electron chi connectivity index (χ1n) is 4.60. The van der Waals surface area contributed by atoms with Gasteiger partial charge in [0, 0.05) is 25.2 Å². The van der Waals surface area contributed by atoms with Crippen molar-refractivity contribution in [2.45, 2.75) is 19.4 Å². The molecule has 0 radical (unpaired) electrons. The molecule has 0 aromatic carbocycles. The normalized spacial score (nSPS) is 22.7. The van der Waals surface area contributed by atoms with Gasteiger partial charge in [-0.3, -0.25) is 0 Å². The molecule has 0 aliphatic carbocycles. The van der Waals surface area contributed by atoms with Crippen LogP contribution in [0.4, 0.5) is 4.79 Å². The number of nitrogens with zero attached hydrogens (tertiary/aromatic N) is 2. The number of hydrogen-bond donors (Lipinski definition) is 1. The zero-order valence-corrected chi connectivity index (χ0v) is 9.91. The summed E-state index contributed by atoms with van der Waals surface area (Å²) in [5.41, 5.74) is -0.676. The summed E-state index contributed by atoms with van der Waals surface area (Å²) in [4.78, 5) is 12.0. The lowest BCUT2D eigenvalue weighted by Crippen LogP contribution is -2.61. The lowest BCUT2D eigenvalue weighted by Gasteiger charge is -2.44. The van der Waals surface area contributed by atoms with Crippen LogP contribution in [0.1, 0.15) is 13.8 Å². The Kier molecular flexibility index (Phi) is 2.97. The topological polar surface area (TPSA) is 77.9 Å². The summed E-state index contributed by atoms with van der Waals surface area (Å²) in [6, 6.07) is 0. The molecule has 7 heteroatoms. The second kappa shape index (κ2) is 3.64. The van der Waals surface area contributed by atoms with Crippen molar-refractivity contribution in [3.63, 3.8) is 0 Å². The Bertz CT molecular complexity index is 363. The number of hydrogen-bond acceptors (Lipinski definition) is 3. The molecule has 6 nitrogen and oxygen atoms in total. The minimum absolute atomic E-state index is 0.204. The number of carboxylic acid groups (broad SMARTS) is 1. The molecule has 1 saturated heterocycles. The van der Waals surface area contributed by atoms with E-state index in [1.165, 1.54) is 9.21 Å². The maximum absolute atomic E-state index is 11.4. The quantitative estimate of drug-likeness (QED) is 0.696. The third kappa shape index (κ3) is 2.60. The highest BCUT2D eigenvalue weighted by Gasteiger charge is 2.40. The van der Waals surface area contributed by atoms with Crippen molar-refractivity contribution >= 4 is 16.1 Å². The maximum Gasteiger partial charge on any atom is 0.407 e. The van der Waals surface area contributed by atoms with Gasteiger partial charge < -0.3 is 10.0 Å². The SMILES string of the molecule is CC1(C)CN(C(=O)O)CCN1S(C)(=O)=O. The first kappa shape index (κ1) is 12.3. The summed E-state index contributed by atoms with van der Waals surface area (Å²) in [6.07, 6.45) is 0.141. The van der Waals surface area contributed by atoms with Crippen molar-refractivity contribution in [1.29, 1.82) is 0 Å². The van der Waals surface area contributed by atoms with Crippen molar-refractivity contribution in [2.75, 3.05) is 25.9 Å². The lowest BCUT2D eigenvalue weighted by molar-refractivity contribution is 0.0734. The van der Waals surface area contributed by atoms with E-state index in [1.54, 1.807) is 13.8 Å². The first-order chi connectivity index (χ1) is 6.64. The summed E-state index contributed by atoms with van der Waals surface area (Å²) in [6.45, 7) is 4.10. The molecule has 0 aromatic heterocycles. The van der Waals surface area contributed by atoms with Crippen LogP contribution in [0, 0.1) is 0 Å². The van der Waals surface area contributed by atoms with Crippen LogP contribution in [0.3, 0.4) is 0 Å². The molecule has 1 aliphatic heterocycles. The molecular formula is C8H16N2O4S. The first-order valence-corrected chi connectivity index (χ1v) is 6.45. The van der Waals surface area contributed by atoms with Gasteiger partial charge in [-0.15, -0.1) is 0 Å². The van der Waals surface area contributed by atoms with Crippen LogP contribution in [-0.2, 0) is 10.0 Å². The standard InChI is InChI=1S/C8H16N2O4S/c1-8(2)6-9(7(11)12)4-5-10(8)15(3,13)14/h4-6H2,1-3H3,(H,11,12). The van der Waals surface area contributed by atoms with E-state index in [0.717, 1.165) is 6.26 Å². The lowest BCUT2D eigenvalue weighted by atomic mass is 10.0. The fourth-order valence-corrected chi connectivity index (χ4v) is 3.29. The Labute approximate surface area is 89.5 Å². The molecular weight excluding hydrogens is 220 g/mol. The summed E-state index contributed by atoms with van der Waals surface area (Å²) >= 11 is 0. The van der Waals surface area contributed by atoms with Gasteiger partial charge in [-0.1, -0.05) is 0 Å². The predicted molar refractivity (Wildman–Crippen MR) is 55.2 cm³/mol. The van der Waals surface area contributed by atoms with E-state index < -0.39 is 21.7 Å². The van der Waals surface area contributed by atoms with Gasteiger partial charge in [0.15, 0.2) is 0 Å². The van der Waals surface area contributed by atoms with Crippen LogP contribution >= 0.6 is 0 Å². The van der Waals surface area contributed by atoms with Gasteiger partial charge in [0.2, 0.25) is 10.0 Å². The van der Waals surface area contributed by atoms with E-state index in [0.29, 0.717) is 0 Å². The number of sulfonamides is 1. The van der Waals surface area contributed by atoms with Crippen molar-refractivity contribution < 1.29 is 18.3 Å². The van der Waals surface area contributed by atoms with E-state index in [4.69, 9.17) is 5.11 Å². The van der Waals surface area contributed by atoms with Gasteiger partial charge in [-0.25, -0.2) is 13.2 Å². The van der Waals surface area contributed by atoms with Gasteiger partial charge in [0.1, 0.15) is 0 Å². The molecule has 1 fully saturated rings. The summed E-state index contributed by atoms with van der Waals surface area (Å²) < 4.78 is 24.2. The van der Waals surface area contributed by atoms with Crippen LogP contribution in [0.15, 0.2) is 0 Å². The monoisotopic (exact) mass is 236 g/mol. The van der Waals surface area contributed by atoms with Crippen molar-refractivity contribution in [3.05, 3.63) is 0 Å². The molecule has 15 heavy (non-hydrogen) atoms. The minimum atomic E-state index is -3.27.